The fourth-order valence-electron chi connectivity index (χ4n) is 1.05. The first-order valence-corrected chi connectivity index (χ1v) is 4.07. The summed E-state index contributed by atoms with van der Waals surface area (Å²) >= 11 is 0. The second-order valence-electron chi connectivity index (χ2n) is 2.88. The molecule has 12 heavy (non-hydrogen) atoms. The number of nitrogens with zero attached hydrogens (tertiary/aromatic N) is 3. The van der Waals surface area contributed by atoms with Gasteiger partial charge in [0, 0.05) is 0 Å². The normalized spacial score (nSPS) is 12.9. The highest BCUT2D eigenvalue weighted by Gasteiger charge is 2.10. The van der Waals surface area contributed by atoms with Crippen LogP contribution in [0.4, 0.5) is 0 Å². The second-order valence-corrected chi connectivity index (χ2v) is 2.88. The Morgan fingerprint density at radius 1 is 1.67 bits per heavy atom. The molecule has 0 amide bonds. The van der Waals surface area contributed by atoms with E-state index in [2.05, 4.69) is 24.2 Å². The first-order chi connectivity index (χ1) is 5.70. The second kappa shape index (κ2) is 3.47. The molecule has 0 aliphatic heterocycles. The Morgan fingerprint density at radius 2 is 2.33 bits per heavy atom. The van der Waals surface area contributed by atoms with Crippen molar-refractivity contribution >= 4 is 6.29 Å². The van der Waals surface area contributed by atoms with E-state index in [1.807, 2.05) is 6.92 Å². The fourth-order valence-corrected chi connectivity index (χ4v) is 1.05. The van der Waals surface area contributed by atoms with Crippen LogP contribution < -0.4 is 0 Å². The van der Waals surface area contributed by atoms with E-state index in [1.54, 1.807) is 4.68 Å². The van der Waals surface area contributed by atoms with Gasteiger partial charge in [0.2, 0.25) is 0 Å². The SMILES string of the molecule is CCC(C)n1nnc(C=O)c1C. The lowest BCUT2D eigenvalue weighted by Gasteiger charge is -2.09. The van der Waals surface area contributed by atoms with Gasteiger partial charge in [-0.25, -0.2) is 4.68 Å². The molecular weight excluding hydrogens is 154 g/mol. The molecule has 4 nitrogen and oxygen atoms in total. The number of carbonyl (C=O) groups excluding carboxylic acids is 1. The van der Waals surface area contributed by atoms with E-state index in [1.165, 1.54) is 0 Å². The van der Waals surface area contributed by atoms with Crippen molar-refractivity contribution in [2.45, 2.75) is 33.2 Å². The van der Waals surface area contributed by atoms with E-state index in [4.69, 9.17) is 0 Å². The number of aromatic nitrogens is 3. The number of carbonyl (C=O) groups is 1. The summed E-state index contributed by atoms with van der Waals surface area (Å²) in [5.74, 6) is 0. The minimum atomic E-state index is 0.311. The third-order valence-electron chi connectivity index (χ3n) is 2.08. The van der Waals surface area contributed by atoms with Crippen LogP contribution in [0.1, 0.15) is 42.5 Å². The van der Waals surface area contributed by atoms with Crippen LogP contribution in [0, 0.1) is 6.92 Å². The fraction of sp³-hybridized carbons (Fsp3) is 0.625. The highest BCUT2D eigenvalue weighted by Crippen LogP contribution is 2.12. The van der Waals surface area contributed by atoms with Crippen LogP contribution in [0.15, 0.2) is 0 Å². The molecule has 4 heteroatoms. The first-order valence-electron chi connectivity index (χ1n) is 4.07. The van der Waals surface area contributed by atoms with Crippen LogP contribution in [-0.4, -0.2) is 21.3 Å². The molecule has 1 atom stereocenters. The minimum Gasteiger partial charge on any atom is -0.296 e. The van der Waals surface area contributed by atoms with Crippen molar-refractivity contribution in [1.82, 2.24) is 15.0 Å². The zero-order chi connectivity index (χ0) is 9.14. The zero-order valence-electron chi connectivity index (χ0n) is 7.61. The molecular formula is C8H13N3O. The van der Waals surface area contributed by atoms with Gasteiger partial charge in [0.05, 0.1) is 11.7 Å². The number of hydrogen-bond acceptors (Lipinski definition) is 3. The van der Waals surface area contributed by atoms with E-state index in [0.717, 1.165) is 18.4 Å². The van der Waals surface area contributed by atoms with Crippen LogP contribution in [0.2, 0.25) is 0 Å². The summed E-state index contributed by atoms with van der Waals surface area (Å²) in [7, 11) is 0. The Bertz CT molecular complexity index is 280. The molecule has 66 valence electrons. The van der Waals surface area contributed by atoms with Crippen molar-refractivity contribution in [2.75, 3.05) is 0 Å². The van der Waals surface area contributed by atoms with Gasteiger partial charge in [-0.15, -0.1) is 5.10 Å². The Labute approximate surface area is 71.6 Å². The van der Waals surface area contributed by atoms with E-state index in [0.29, 0.717) is 11.7 Å². The number of aldehydes is 1. The summed E-state index contributed by atoms with van der Waals surface area (Å²) in [6, 6.07) is 0.311. The predicted octanol–water partition coefficient (Wildman–Crippen LogP) is 1.37. The van der Waals surface area contributed by atoms with Crippen molar-refractivity contribution in [3.63, 3.8) is 0 Å². The van der Waals surface area contributed by atoms with Gasteiger partial charge in [-0.2, -0.15) is 0 Å². The Balaban J connectivity index is 3.01. The van der Waals surface area contributed by atoms with Crippen LogP contribution in [-0.2, 0) is 0 Å². The molecule has 0 saturated heterocycles. The molecule has 0 spiro atoms. The first kappa shape index (κ1) is 8.90. The summed E-state index contributed by atoms with van der Waals surface area (Å²) in [5, 5.41) is 7.64. The van der Waals surface area contributed by atoms with Crippen LogP contribution in [0.25, 0.3) is 0 Å². The highest BCUT2D eigenvalue weighted by atomic mass is 16.1. The third kappa shape index (κ3) is 1.37. The largest absolute Gasteiger partial charge is 0.296 e. The lowest BCUT2D eigenvalue weighted by atomic mass is 10.2. The molecule has 0 fully saturated rings. The average molecular weight is 167 g/mol. The summed E-state index contributed by atoms with van der Waals surface area (Å²) in [6.07, 6.45) is 1.73. The average Bonchev–Trinajstić information content (AvgIpc) is 2.45. The summed E-state index contributed by atoms with van der Waals surface area (Å²) in [5.41, 5.74) is 1.29. The molecule has 0 aliphatic rings. The lowest BCUT2D eigenvalue weighted by molar-refractivity contribution is 0.111. The van der Waals surface area contributed by atoms with Gasteiger partial charge in [-0.05, 0) is 20.3 Å². The Kier molecular flexibility index (Phi) is 2.58. The molecule has 0 aliphatic carbocycles. The maximum Gasteiger partial charge on any atom is 0.172 e. The van der Waals surface area contributed by atoms with E-state index in [9.17, 15) is 4.79 Å². The molecule has 0 N–H and O–H groups in total. The number of rotatable bonds is 3. The van der Waals surface area contributed by atoms with E-state index < -0.39 is 0 Å². The maximum absolute atomic E-state index is 10.4. The van der Waals surface area contributed by atoms with Gasteiger partial charge >= 0.3 is 0 Å². The predicted molar refractivity (Wildman–Crippen MR) is 45.1 cm³/mol. The van der Waals surface area contributed by atoms with Crippen LogP contribution >= 0.6 is 0 Å². The van der Waals surface area contributed by atoms with E-state index >= 15 is 0 Å². The van der Waals surface area contributed by atoms with Gasteiger partial charge in [-0.1, -0.05) is 12.1 Å². The monoisotopic (exact) mass is 167 g/mol. The topological polar surface area (TPSA) is 47.8 Å². The minimum absolute atomic E-state index is 0.311. The van der Waals surface area contributed by atoms with E-state index in [-0.39, 0.29) is 0 Å². The van der Waals surface area contributed by atoms with Crippen molar-refractivity contribution in [3.8, 4) is 0 Å². The summed E-state index contributed by atoms with van der Waals surface area (Å²) in [6.45, 7) is 5.98. The van der Waals surface area contributed by atoms with Gasteiger partial charge in [0.1, 0.15) is 5.69 Å². The highest BCUT2D eigenvalue weighted by molar-refractivity contribution is 5.72. The maximum atomic E-state index is 10.4. The molecule has 1 aromatic rings. The molecule has 1 aromatic heterocycles. The van der Waals surface area contributed by atoms with Crippen molar-refractivity contribution in [1.29, 1.82) is 0 Å². The molecule has 0 aromatic carbocycles. The van der Waals surface area contributed by atoms with Crippen molar-refractivity contribution in [2.24, 2.45) is 0 Å². The molecule has 1 rings (SSSR count). The molecule has 0 saturated carbocycles. The van der Waals surface area contributed by atoms with Gasteiger partial charge in [0.15, 0.2) is 6.29 Å². The quantitative estimate of drug-likeness (QED) is 0.639. The Morgan fingerprint density at radius 3 is 2.75 bits per heavy atom. The lowest BCUT2D eigenvalue weighted by Crippen LogP contribution is -2.07. The summed E-state index contributed by atoms with van der Waals surface area (Å²) < 4.78 is 1.78. The van der Waals surface area contributed by atoms with Crippen LogP contribution in [0.5, 0.6) is 0 Å². The molecule has 0 bridgehead atoms. The molecule has 1 unspecified atom stereocenters. The molecule has 1 heterocycles. The van der Waals surface area contributed by atoms with Crippen molar-refractivity contribution in [3.05, 3.63) is 11.4 Å². The smallest absolute Gasteiger partial charge is 0.172 e. The standard InChI is InChI=1S/C8H13N3O/c1-4-6(2)11-7(3)8(5-12)9-10-11/h5-6H,4H2,1-3H3. The zero-order valence-corrected chi connectivity index (χ0v) is 7.61. The van der Waals surface area contributed by atoms with Gasteiger partial charge in [0.25, 0.3) is 0 Å². The molecule has 0 radical (unpaired) electrons. The Hall–Kier alpha value is -1.19. The van der Waals surface area contributed by atoms with Crippen molar-refractivity contribution < 1.29 is 4.79 Å². The number of hydrogen-bond donors (Lipinski definition) is 0. The third-order valence-corrected chi connectivity index (χ3v) is 2.08. The van der Waals surface area contributed by atoms with Gasteiger partial charge < -0.3 is 0 Å². The van der Waals surface area contributed by atoms with Gasteiger partial charge in [-0.3, -0.25) is 4.79 Å². The summed E-state index contributed by atoms with van der Waals surface area (Å²) in [4.78, 5) is 10.4. The van der Waals surface area contributed by atoms with Crippen LogP contribution in [0.3, 0.4) is 0 Å².